The van der Waals surface area contributed by atoms with Gasteiger partial charge in [0.05, 0.1) is 0 Å². The maximum atomic E-state index is 5.17. The second-order valence-corrected chi connectivity index (χ2v) is 1.63. The van der Waals surface area contributed by atoms with Crippen LogP contribution in [0.1, 0.15) is 13.8 Å². The van der Waals surface area contributed by atoms with Crippen LogP contribution in [0.25, 0.3) is 0 Å². The highest BCUT2D eigenvalue weighted by molar-refractivity contribution is 4.38. The SMILES string of the molecule is CC(C)CN.N.N.N. The van der Waals surface area contributed by atoms with Crippen molar-refractivity contribution in [3.63, 3.8) is 0 Å². The van der Waals surface area contributed by atoms with Gasteiger partial charge in [-0.3, -0.25) is 0 Å². The average Bonchev–Trinajstić information content (AvgIpc) is 1.38. The first kappa shape index (κ1) is 24.9. The lowest BCUT2D eigenvalue weighted by Gasteiger charge is -1.91. The minimum Gasteiger partial charge on any atom is -0.344 e. The molecule has 0 aliphatic rings. The molecule has 0 spiro atoms. The van der Waals surface area contributed by atoms with E-state index in [0.717, 1.165) is 6.54 Å². The van der Waals surface area contributed by atoms with E-state index in [4.69, 9.17) is 5.73 Å². The summed E-state index contributed by atoms with van der Waals surface area (Å²) in [5.74, 6) is 0.662. The summed E-state index contributed by atoms with van der Waals surface area (Å²) in [5, 5.41) is 0. The van der Waals surface area contributed by atoms with Crippen LogP contribution in [-0.2, 0) is 0 Å². The molecule has 0 amide bonds. The van der Waals surface area contributed by atoms with Crippen LogP contribution in [0.2, 0.25) is 0 Å². The van der Waals surface area contributed by atoms with Gasteiger partial charge in [-0.25, -0.2) is 0 Å². The molecule has 0 saturated carbocycles. The van der Waals surface area contributed by atoms with Gasteiger partial charge in [-0.2, -0.15) is 0 Å². The monoisotopic (exact) mass is 124 g/mol. The van der Waals surface area contributed by atoms with E-state index < -0.39 is 0 Å². The molecule has 0 radical (unpaired) electrons. The van der Waals surface area contributed by atoms with Gasteiger partial charge in [0.15, 0.2) is 0 Å². The topological polar surface area (TPSA) is 131 Å². The lowest BCUT2D eigenvalue weighted by atomic mass is 10.2. The molecule has 0 aliphatic heterocycles. The molecule has 11 N–H and O–H groups in total. The fourth-order valence-corrected chi connectivity index (χ4v) is 0. The molecule has 56 valence electrons. The molecule has 0 aliphatic carbocycles. The van der Waals surface area contributed by atoms with E-state index in [0.29, 0.717) is 5.92 Å². The molecule has 0 aromatic rings. The molecule has 0 atom stereocenters. The molecule has 0 heterocycles. The van der Waals surface area contributed by atoms with Crippen LogP contribution in [0.5, 0.6) is 0 Å². The first-order valence-electron chi connectivity index (χ1n) is 1.97. The normalized spacial score (nSPS) is 6.00. The second-order valence-electron chi connectivity index (χ2n) is 1.63. The van der Waals surface area contributed by atoms with E-state index in [2.05, 4.69) is 13.8 Å². The average molecular weight is 124 g/mol. The Morgan fingerprint density at radius 1 is 1.12 bits per heavy atom. The van der Waals surface area contributed by atoms with E-state index in [-0.39, 0.29) is 18.5 Å². The van der Waals surface area contributed by atoms with Crippen molar-refractivity contribution in [2.24, 2.45) is 11.7 Å². The van der Waals surface area contributed by atoms with Gasteiger partial charge in [-0.15, -0.1) is 0 Å². The Hall–Kier alpha value is -0.160. The molecular formula is C4H20N4. The van der Waals surface area contributed by atoms with Gasteiger partial charge in [-0.1, -0.05) is 13.8 Å². The van der Waals surface area contributed by atoms with Crippen LogP contribution in [-0.4, -0.2) is 6.54 Å². The number of nitrogens with two attached hydrogens (primary N) is 1. The van der Waals surface area contributed by atoms with Crippen LogP contribution in [0.3, 0.4) is 0 Å². The summed E-state index contributed by atoms with van der Waals surface area (Å²) < 4.78 is 0. The van der Waals surface area contributed by atoms with Gasteiger partial charge in [0, 0.05) is 0 Å². The van der Waals surface area contributed by atoms with Gasteiger partial charge >= 0.3 is 0 Å². The van der Waals surface area contributed by atoms with Crippen LogP contribution in [0.15, 0.2) is 0 Å². The summed E-state index contributed by atoms with van der Waals surface area (Å²) in [6, 6.07) is 0. The third-order valence-electron chi connectivity index (χ3n) is 0.471. The second kappa shape index (κ2) is 15.8. The standard InChI is InChI=1S/C4H11N.3H3N/c1-4(2)3-5;;;/h4H,3,5H2,1-2H3;3*1H3. The zero-order valence-electron chi connectivity index (χ0n) is 5.98. The Balaban J connectivity index is -0.0000000267. The smallest absolute Gasteiger partial charge is 0.00541 e. The molecule has 8 heavy (non-hydrogen) atoms. The lowest BCUT2D eigenvalue weighted by molar-refractivity contribution is 0.664. The van der Waals surface area contributed by atoms with E-state index >= 15 is 0 Å². The van der Waals surface area contributed by atoms with E-state index in [1.165, 1.54) is 0 Å². The molecular weight excluding hydrogens is 104 g/mol. The molecule has 0 aromatic carbocycles. The minimum atomic E-state index is 0. The third-order valence-corrected chi connectivity index (χ3v) is 0.471. The Morgan fingerprint density at radius 2 is 1.25 bits per heavy atom. The molecule has 4 nitrogen and oxygen atoms in total. The van der Waals surface area contributed by atoms with E-state index in [9.17, 15) is 0 Å². The number of hydrogen-bond acceptors (Lipinski definition) is 4. The van der Waals surface area contributed by atoms with E-state index in [1.807, 2.05) is 0 Å². The van der Waals surface area contributed by atoms with Crippen molar-refractivity contribution in [1.82, 2.24) is 18.5 Å². The summed E-state index contributed by atoms with van der Waals surface area (Å²) in [7, 11) is 0. The lowest BCUT2D eigenvalue weighted by Crippen LogP contribution is -2.05. The van der Waals surface area contributed by atoms with Crippen molar-refractivity contribution >= 4 is 0 Å². The molecule has 0 rings (SSSR count). The highest BCUT2D eigenvalue weighted by atomic mass is 14.5. The van der Waals surface area contributed by atoms with Crippen LogP contribution in [0.4, 0.5) is 0 Å². The molecule has 0 fully saturated rings. The Morgan fingerprint density at radius 3 is 1.25 bits per heavy atom. The zero-order chi connectivity index (χ0) is 4.28. The fraction of sp³-hybridized carbons (Fsp3) is 1.00. The van der Waals surface area contributed by atoms with Gasteiger partial charge in [-0.05, 0) is 12.5 Å². The maximum absolute atomic E-state index is 5.17. The van der Waals surface area contributed by atoms with Crippen molar-refractivity contribution in [1.29, 1.82) is 0 Å². The summed E-state index contributed by atoms with van der Waals surface area (Å²) in [6.45, 7) is 5.00. The summed E-state index contributed by atoms with van der Waals surface area (Å²) in [4.78, 5) is 0. The molecule has 0 unspecified atom stereocenters. The maximum Gasteiger partial charge on any atom is -0.00541 e. The highest BCUT2D eigenvalue weighted by Crippen LogP contribution is 1.81. The van der Waals surface area contributed by atoms with Crippen molar-refractivity contribution < 1.29 is 0 Å². The van der Waals surface area contributed by atoms with Gasteiger partial charge in [0.1, 0.15) is 0 Å². The van der Waals surface area contributed by atoms with Crippen molar-refractivity contribution in [2.75, 3.05) is 6.54 Å². The van der Waals surface area contributed by atoms with Gasteiger partial charge < -0.3 is 24.2 Å². The first-order chi connectivity index (χ1) is 2.27. The minimum absolute atomic E-state index is 0. The van der Waals surface area contributed by atoms with Crippen LogP contribution >= 0.6 is 0 Å². The predicted molar refractivity (Wildman–Crippen MR) is 39.0 cm³/mol. The number of hydrogen-bond donors (Lipinski definition) is 4. The van der Waals surface area contributed by atoms with Gasteiger partial charge in [0.25, 0.3) is 0 Å². The fourth-order valence-electron chi connectivity index (χ4n) is 0. The third kappa shape index (κ3) is 40.4. The molecule has 4 heteroatoms. The highest BCUT2D eigenvalue weighted by Gasteiger charge is 1.80. The predicted octanol–water partition coefficient (Wildman–Crippen LogP) is 1.09. The summed E-state index contributed by atoms with van der Waals surface area (Å²) >= 11 is 0. The summed E-state index contributed by atoms with van der Waals surface area (Å²) in [6.07, 6.45) is 0. The van der Waals surface area contributed by atoms with Crippen LogP contribution < -0.4 is 24.2 Å². The van der Waals surface area contributed by atoms with E-state index in [1.54, 1.807) is 0 Å². The largest absolute Gasteiger partial charge is 0.344 e. The Kier molecular flexibility index (Phi) is 49.2. The van der Waals surface area contributed by atoms with Crippen molar-refractivity contribution in [3.8, 4) is 0 Å². The zero-order valence-corrected chi connectivity index (χ0v) is 5.98. The summed E-state index contributed by atoms with van der Waals surface area (Å²) in [5.41, 5.74) is 5.17. The van der Waals surface area contributed by atoms with Gasteiger partial charge in [0.2, 0.25) is 0 Å². The van der Waals surface area contributed by atoms with Crippen molar-refractivity contribution in [2.45, 2.75) is 13.8 Å². The molecule has 0 saturated heterocycles. The Labute approximate surface area is 51.6 Å². The quantitative estimate of drug-likeness (QED) is 0.416. The Bertz CT molecular complexity index is 22.0. The molecule has 0 bridgehead atoms. The van der Waals surface area contributed by atoms with Crippen LogP contribution in [0, 0.1) is 5.92 Å². The number of rotatable bonds is 1. The molecule has 0 aromatic heterocycles. The van der Waals surface area contributed by atoms with Crippen molar-refractivity contribution in [3.05, 3.63) is 0 Å². The first-order valence-corrected chi connectivity index (χ1v) is 1.97.